The number of nitrogens with one attached hydrogen (secondary N) is 1. The van der Waals surface area contributed by atoms with Crippen molar-refractivity contribution in [1.29, 1.82) is 0 Å². The van der Waals surface area contributed by atoms with Gasteiger partial charge in [-0.05, 0) is 36.5 Å². The number of benzene rings is 1. The minimum atomic E-state index is -3.31. The average molecular weight is 326 g/mol. The summed E-state index contributed by atoms with van der Waals surface area (Å²) >= 11 is 0. The Balaban J connectivity index is 1.82. The first-order chi connectivity index (χ1) is 10.6. The molecule has 1 aliphatic carbocycles. The quantitative estimate of drug-likeness (QED) is 0.923. The lowest BCUT2D eigenvalue weighted by molar-refractivity contribution is 0.269. The van der Waals surface area contributed by atoms with Crippen LogP contribution in [0.3, 0.4) is 0 Å². The zero-order valence-electron chi connectivity index (χ0n) is 12.7. The predicted molar refractivity (Wildman–Crippen MR) is 84.5 cm³/mol. The number of halogens is 1. The SMILES string of the molecule is O=S(=O)(CC1CCCC1)N1CCNCC1c1cccc(F)c1. The standard InChI is InChI=1S/C16H23FN2O2S/c17-15-7-3-6-14(10-15)16-11-18-8-9-19(16)22(20,21)12-13-4-1-2-5-13/h3,6-7,10,13,16,18H,1-2,4-5,8-9,11-12H2. The molecule has 1 atom stereocenters. The first-order valence-corrected chi connectivity index (χ1v) is 9.63. The van der Waals surface area contributed by atoms with E-state index in [1.54, 1.807) is 16.4 Å². The molecule has 1 aliphatic heterocycles. The van der Waals surface area contributed by atoms with Gasteiger partial charge in [-0.1, -0.05) is 25.0 Å². The topological polar surface area (TPSA) is 49.4 Å². The van der Waals surface area contributed by atoms with E-state index in [1.165, 1.54) is 12.1 Å². The van der Waals surface area contributed by atoms with Gasteiger partial charge in [0.1, 0.15) is 5.82 Å². The fourth-order valence-electron chi connectivity index (χ4n) is 3.59. The van der Waals surface area contributed by atoms with Crippen molar-refractivity contribution in [3.63, 3.8) is 0 Å². The van der Waals surface area contributed by atoms with Gasteiger partial charge in [0.25, 0.3) is 0 Å². The van der Waals surface area contributed by atoms with Crippen molar-refractivity contribution in [2.75, 3.05) is 25.4 Å². The smallest absolute Gasteiger partial charge is 0.215 e. The molecule has 2 fully saturated rings. The molecule has 4 nitrogen and oxygen atoms in total. The maximum absolute atomic E-state index is 13.5. The van der Waals surface area contributed by atoms with Crippen molar-refractivity contribution in [1.82, 2.24) is 9.62 Å². The first-order valence-electron chi connectivity index (χ1n) is 8.02. The summed E-state index contributed by atoms with van der Waals surface area (Å²) in [6, 6.07) is 5.96. The zero-order valence-corrected chi connectivity index (χ0v) is 13.5. The Kier molecular flexibility index (Phi) is 4.80. The fraction of sp³-hybridized carbons (Fsp3) is 0.625. The lowest BCUT2D eigenvalue weighted by Crippen LogP contribution is -2.49. The summed E-state index contributed by atoms with van der Waals surface area (Å²) in [4.78, 5) is 0. The van der Waals surface area contributed by atoms with Gasteiger partial charge < -0.3 is 5.32 Å². The van der Waals surface area contributed by atoms with Crippen LogP contribution in [0.5, 0.6) is 0 Å². The summed E-state index contributed by atoms with van der Waals surface area (Å²) in [5, 5.41) is 3.22. The van der Waals surface area contributed by atoms with Crippen LogP contribution in [0.2, 0.25) is 0 Å². The van der Waals surface area contributed by atoms with E-state index in [2.05, 4.69) is 5.32 Å². The Morgan fingerprint density at radius 1 is 1.27 bits per heavy atom. The molecule has 1 N–H and O–H groups in total. The van der Waals surface area contributed by atoms with Gasteiger partial charge in [0.15, 0.2) is 0 Å². The Hall–Kier alpha value is -0.980. The summed E-state index contributed by atoms with van der Waals surface area (Å²) in [5.41, 5.74) is 0.724. The molecule has 1 heterocycles. The van der Waals surface area contributed by atoms with Crippen molar-refractivity contribution in [3.05, 3.63) is 35.6 Å². The van der Waals surface area contributed by atoms with E-state index in [0.29, 0.717) is 19.6 Å². The van der Waals surface area contributed by atoms with Crippen molar-refractivity contribution < 1.29 is 12.8 Å². The van der Waals surface area contributed by atoms with E-state index in [9.17, 15) is 12.8 Å². The number of rotatable bonds is 4. The van der Waals surface area contributed by atoms with Crippen molar-refractivity contribution in [3.8, 4) is 0 Å². The van der Waals surface area contributed by atoms with Gasteiger partial charge in [0, 0.05) is 19.6 Å². The Labute approximate surface area is 131 Å². The number of hydrogen-bond acceptors (Lipinski definition) is 3. The molecule has 1 unspecified atom stereocenters. The molecule has 6 heteroatoms. The third-order valence-electron chi connectivity index (χ3n) is 4.71. The van der Waals surface area contributed by atoms with Crippen LogP contribution in [0, 0.1) is 11.7 Å². The van der Waals surface area contributed by atoms with Crippen molar-refractivity contribution in [2.45, 2.75) is 31.7 Å². The molecule has 0 spiro atoms. The van der Waals surface area contributed by atoms with Crippen LogP contribution in [-0.4, -0.2) is 38.1 Å². The summed E-state index contributed by atoms with van der Waals surface area (Å²) in [6.07, 6.45) is 4.29. The van der Waals surface area contributed by atoms with E-state index in [-0.39, 0.29) is 23.5 Å². The minimum Gasteiger partial charge on any atom is -0.313 e. The first kappa shape index (κ1) is 15.9. The van der Waals surface area contributed by atoms with Crippen LogP contribution in [-0.2, 0) is 10.0 Å². The maximum atomic E-state index is 13.5. The summed E-state index contributed by atoms with van der Waals surface area (Å²) in [5.74, 6) is 0.197. The lowest BCUT2D eigenvalue weighted by atomic mass is 10.1. The second-order valence-corrected chi connectivity index (χ2v) is 8.28. The Morgan fingerprint density at radius 2 is 2.05 bits per heavy atom. The molecule has 1 aromatic rings. The molecule has 1 aromatic carbocycles. The van der Waals surface area contributed by atoms with Crippen molar-refractivity contribution >= 4 is 10.0 Å². The number of piperazine rings is 1. The largest absolute Gasteiger partial charge is 0.313 e. The summed E-state index contributed by atoms with van der Waals surface area (Å²) in [6.45, 7) is 1.64. The molecule has 0 bridgehead atoms. The third kappa shape index (κ3) is 3.50. The van der Waals surface area contributed by atoms with Crippen LogP contribution >= 0.6 is 0 Å². The molecule has 1 saturated carbocycles. The Bertz CT molecular complexity index is 614. The van der Waals surface area contributed by atoms with Gasteiger partial charge in [-0.15, -0.1) is 0 Å². The average Bonchev–Trinajstić information content (AvgIpc) is 2.99. The molecule has 0 amide bonds. The number of sulfonamides is 1. The van der Waals surface area contributed by atoms with Gasteiger partial charge in [-0.3, -0.25) is 0 Å². The molecule has 22 heavy (non-hydrogen) atoms. The molecular formula is C16H23FN2O2S. The molecule has 1 saturated heterocycles. The monoisotopic (exact) mass is 326 g/mol. The number of hydrogen-bond donors (Lipinski definition) is 1. The van der Waals surface area contributed by atoms with E-state index in [1.807, 2.05) is 0 Å². The van der Waals surface area contributed by atoms with E-state index >= 15 is 0 Å². The van der Waals surface area contributed by atoms with Gasteiger partial charge in [0.05, 0.1) is 11.8 Å². The predicted octanol–water partition coefficient (Wildman–Crippen LogP) is 2.29. The van der Waals surface area contributed by atoms with Gasteiger partial charge in [-0.2, -0.15) is 4.31 Å². The maximum Gasteiger partial charge on any atom is 0.215 e. The second kappa shape index (κ2) is 6.64. The van der Waals surface area contributed by atoms with E-state index in [4.69, 9.17) is 0 Å². The van der Waals surface area contributed by atoms with E-state index in [0.717, 1.165) is 31.2 Å². The molecule has 2 aliphatic rings. The highest BCUT2D eigenvalue weighted by Crippen LogP contribution is 2.31. The van der Waals surface area contributed by atoms with Crippen LogP contribution in [0.25, 0.3) is 0 Å². The highest BCUT2D eigenvalue weighted by molar-refractivity contribution is 7.89. The zero-order chi connectivity index (χ0) is 15.6. The van der Waals surface area contributed by atoms with Crippen LogP contribution in [0.15, 0.2) is 24.3 Å². The lowest BCUT2D eigenvalue weighted by Gasteiger charge is -2.36. The normalized spacial score (nSPS) is 24.7. The van der Waals surface area contributed by atoms with Gasteiger partial charge >= 0.3 is 0 Å². The highest BCUT2D eigenvalue weighted by atomic mass is 32.2. The molecule has 3 rings (SSSR count). The van der Waals surface area contributed by atoms with Crippen LogP contribution in [0.1, 0.15) is 37.3 Å². The molecule has 0 aromatic heterocycles. The molecule has 0 radical (unpaired) electrons. The summed E-state index contributed by atoms with van der Waals surface area (Å²) in [7, 11) is -3.31. The van der Waals surface area contributed by atoms with Crippen molar-refractivity contribution in [2.24, 2.45) is 5.92 Å². The second-order valence-electron chi connectivity index (χ2n) is 6.31. The fourth-order valence-corrected chi connectivity index (χ4v) is 5.66. The van der Waals surface area contributed by atoms with Crippen LogP contribution in [0.4, 0.5) is 4.39 Å². The van der Waals surface area contributed by atoms with Gasteiger partial charge in [-0.25, -0.2) is 12.8 Å². The highest BCUT2D eigenvalue weighted by Gasteiger charge is 2.35. The number of nitrogens with zero attached hydrogens (tertiary/aromatic N) is 1. The molecule has 122 valence electrons. The Morgan fingerprint density at radius 3 is 2.77 bits per heavy atom. The summed E-state index contributed by atoms with van der Waals surface area (Å²) < 4.78 is 40.7. The van der Waals surface area contributed by atoms with Crippen LogP contribution < -0.4 is 5.32 Å². The third-order valence-corrected chi connectivity index (χ3v) is 6.75. The molecular weight excluding hydrogens is 303 g/mol. The van der Waals surface area contributed by atoms with E-state index < -0.39 is 10.0 Å². The van der Waals surface area contributed by atoms with Gasteiger partial charge in [0.2, 0.25) is 10.0 Å². The minimum absolute atomic E-state index is 0.235.